The number of amides is 1. The van der Waals surface area contributed by atoms with Gasteiger partial charge in [0, 0.05) is 25.3 Å². The Morgan fingerprint density at radius 2 is 2.19 bits per heavy atom. The highest BCUT2D eigenvalue weighted by molar-refractivity contribution is 5.94. The number of carbonyl (C=O) groups excluding carboxylic acids is 1. The second kappa shape index (κ2) is 7.77. The Hall–Kier alpha value is -1.90. The van der Waals surface area contributed by atoms with E-state index in [9.17, 15) is 9.18 Å². The minimum Gasteiger partial charge on any atom is -0.384 e. The average Bonchev–Trinajstić information content (AvgIpc) is 2.53. The van der Waals surface area contributed by atoms with Crippen LogP contribution < -0.4 is 5.32 Å². The number of rotatable bonds is 3. The molecule has 0 radical (unpaired) electrons. The summed E-state index contributed by atoms with van der Waals surface area (Å²) in [6, 6.07) is 4.09. The lowest BCUT2D eigenvalue weighted by Crippen LogP contribution is -2.32. The third-order valence-corrected chi connectivity index (χ3v) is 3.41. The molecule has 1 saturated heterocycles. The molecule has 0 atom stereocenters. The molecule has 1 fully saturated rings. The molecule has 2 rings (SSSR count). The highest BCUT2D eigenvalue weighted by atomic mass is 19.1. The average molecular weight is 291 g/mol. The largest absolute Gasteiger partial charge is 0.384 e. The third-order valence-electron chi connectivity index (χ3n) is 3.41. The second-order valence-electron chi connectivity index (χ2n) is 4.92. The molecule has 0 unspecified atom stereocenters. The van der Waals surface area contributed by atoms with Crippen LogP contribution in [-0.2, 0) is 4.74 Å². The highest BCUT2D eigenvalue weighted by Gasteiger charge is 2.17. The first-order chi connectivity index (χ1) is 10.2. The number of aliphatic hydroxyl groups excluding tert-OH is 1. The molecule has 2 N–H and O–H groups in total. The van der Waals surface area contributed by atoms with Gasteiger partial charge in [-0.25, -0.2) is 4.39 Å². The Kier molecular flexibility index (Phi) is 5.73. The molecule has 1 heterocycles. The minimum absolute atomic E-state index is 0.0215. The molecule has 5 heteroatoms. The second-order valence-corrected chi connectivity index (χ2v) is 4.92. The number of ether oxygens (including phenoxy) is 1. The molecular weight excluding hydrogens is 273 g/mol. The van der Waals surface area contributed by atoms with Gasteiger partial charge in [0.1, 0.15) is 12.4 Å². The van der Waals surface area contributed by atoms with Crippen molar-refractivity contribution in [2.45, 2.75) is 12.8 Å². The van der Waals surface area contributed by atoms with Crippen LogP contribution in [0.25, 0.3) is 0 Å². The fourth-order valence-electron chi connectivity index (χ4n) is 2.20. The predicted octanol–water partition coefficient (Wildman–Crippen LogP) is 1.33. The van der Waals surface area contributed by atoms with Crippen molar-refractivity contribution in [2.24, 2.45) is 5.92 Å². The Bertz CT molecular complexity index is 556. The monoisotopic (exact) mass is 291 g/mol. The van der Waals surface area contributed by atoms with E-state index in [1.807, 2.05) is 0 Å². The zero-order valence-electron chi connectivity index (χ0n) is 11.7. The van der Waals surface area contributed by atoms with Crippen LogP contribution in [0.4, 0.5) is 4.39 Å². The Morgan fingerprint density at radius 3 is 2.90 bits per heavy atom. The molecule has 21 heavy (non-hydrogen) atoms. The molecule has 0 aliphatic carbocycles. The predicted molar refractivity (Wildman–Crippen MR) is 76.2 cm³/mol. The van der Waals surface area contributed by atoms with Gasteiger partial charge >= 0.3 is 0 Å². The van der Waals surface area contributed by atoms with E-state index < -0.39 is 11.7 Å². The molecule has 112 valence electrons. The summed E-state index contributed by atoms with van der Waals surface area (Å²) in [5.74, 6) is 4.50. The number of aliphatic hydroxyl groups is 1. The van der Waals surface area contributed by atoms with Gasteiger partial charge < -0.3 is 15.2 Å². The van der Waals surface area contributed by atoms with Gasteiger partial charge in [-0.05, 0) is 37.0 Å². The van der Waals surface area contributed by atoms with Crippen molar-refractivity contribution in [2.75, 3.05) is 26.4 Å². The van der Waals surface area contributed by atoms with Crippen LogP contribution >= 0.6 is 0 Å². The molecule has 1 aliphatic rings. The van der Waals surface area contributed by atoms with Crippen molar-refractivity contribution in [3.05, 3.63) is 35.1 Å². The van der Waals surface area contributed by atoms with Gasteiger partial charge in [0.25, 0.3) is 5.91 Å². The lowest BCUT2D eigenvalue weighted by atomic mass is 10.0. The van der Waals surface area contributed by atoms with Crippen molar-refractivity contribution in [3.63, 3.8) is 0 Å². The standard InChI is InChI=1S/C16H18FNO3/c17-15-4-3-12(2-1-7-19)10-14(15)16(20)18-11-13-5-8-21-9-6-13/h3-4,10,13,19H,5-9,11H2,(H,18,20). The Labute approximate surface area is 123 Å². The van der Waals surface area contributed by atoms with Crippen LogP contribution in [0.3, 0.4) is 0 Å². The van der Waals surface area contributed by atoms with Gasteiger partial charge in [0.05, 0.1) is 5.56 Å². The van der Waals surface area contributed by atoms with Crippen molar-refractivity contribution in [1.82, 2.24) is 5.32 Å². The molecule has 1 aromatic carbocycles. The lowest BCUT2D eigenvalue weighted by molar-refractivity contribution is 0.0642. The fourth-order valence-corrected chi connectivity index (χ4v) is 2.20. The molecule has 0 aromatic heterocycles. The molecule has 0 saturated carbocycles. The SMILES string of the molecule is O=C(NCC1CCOCC1)c1cc(C#CCO)ccc1F. The summed E-state index contributed by atoms with van der Waals surface area (Å²) in [5, 5.41) is 11.4. The molecular formula is C16H18FNO3. The summed E-state index contributed by atoms with van der Waals surface area (Å²) < 4.78 is 19.0. The number of hydrogen-bond acceptors (Lipinski definition) is 3. The van der Waals surface area contributed by atoms with Crippen LogP contribution in [0.5, 0.6) is 0 Å². The number of carbonyl (C=O) groups is 1. The zero-order valence-corrected chi connectivity index (χ0v) is 11.7. The van der Waals surface area contributed by atoms with Gasteiger partial charge in [-0.15, -0.1) is 0 Å². The van der Waals surface area contributed by atoms with Crippen molar-refractivity contribution in [1.29, 1.82) is 0 Å². The van der Waals surface area contributed by atoms with Gasteiger partial charge in [0.15, 0.2) is 0 Å². The maximum atomic E-state index is 13.7. The number of nitrogens with one attached hydrogen (secondary N) is 1. The van der Waals surface area contributed by atoms with Gasteiger partial charge in [-0.3, -0.25) is 4.79 Å². The van der Waals surface area contributed by atoms with E-state index in [0.717, 1.165) is 12.8 Å². The van der Waals surface area contributed by atoms with E-state index in [0.29, 0.717) is 31.2 Å². The first-order valence-corrected chi connectivity index (χ1v) is 6.96. The van der Waals surface area contributed by atoms with Gasteiger partial charge in [-0.2, -0.15) is 0 Å². The number of hydrogen-bond donors (Lipinski definition) is 2. The molecule has 1 aliphatic heterocycles. The van der Waals surface area contributed by atoms with E-state index in [4.69, 9.17) is 9.84 Å². The maximum Gasteiger partial charge on any atom is 0.254 e. The first kappa shape index (κ1) is 15.5. The summed E-state index contributed by atoms with van der Waals surface area (Å²) in [6.07, 6.45) is 1.82. The van der Waals surface area contributed by atoms with Crippen LogP contribution in [0, 0.1) is 23.6 Å². The van der Waals surface area contributed by atoms with E-state index in [1.54, 1.807) is 0 Å². The van der Waals surface area contributed by atoms with Crippen molar-refractivity contribution in [3.8, 4) is 11.8 Å². The summed E-state index contributed by atoms with van der Waals surface area (Å²) in [6.45, 7) is 1.67. The van der Waals surface area contributed by atoms with Crippen molar-refractivity contribution >= 4 is 5.91 Å². The quantitative estimate of drug-likeness (QED) is 0.826. The molecule has 1 aromatic rings. The Morgan fingerprint density at radius 1 is 1.43 bits per heavy atom. The topological polar surface area (TPSA) is 58.6 Å². The Balaban J connectivity index is 2.00. The summed E-state index contributed by atoms with van der Waals surface area (Å²) >= 11 is 0. The molecule has 4 nitrogen and oxygen atoms in total. The van der Waals surface area contributed by atoms with Gasteiger partial charge in [-0.1, -0.05) is 11.8 Å². The summed E-state index contributed by atoms with van der Waals surface area (Å²) in [7, 11) is 0. The van der Waals surface area contributed by atoms with E-state index >= 15 is 0 Å². The lowest BCUT2D eigenvalue weighted by Gasteiger charge is -2.22. The van der Waals surface area contributed by atoms with Crippen LogP contribution in [0.15, 0.2) is 18.2 Å². The molecule has 0 bridgehead atoms. The highest BCUT2D eigenvalue weighted by Crippen LogP contribution is 2.14. The van der Waals surface area contributed by atoms with E-state index in [1.165, 1.54) is 18.2 Å². The fraction of sp³-hybridized carbons (Fsp3) is 0.438. The van der Waals surface area contributed by atoms with Crippen molar-refractivity contribution < 1.29 is 19.0 Å². The summed E-state index contributed by atoms with van der Waals surface area (Å²) in [4.78, 5) is 12.1. The van der Waals surface area contributed by atoms with Crippen LogP contribution in [-0.4, -0.2) is 37.4 Å². The van der Waals surface area contributed by atoms with Gasteiger partial charge in [0.2, 0.25) is 0 Å². The van der Waals surface area contributed by atoms with E-state index in [2.05, 4.69) is 17.2 Å². The first-order valence-electron chi connectivity index (χ1n) is 6.96. The normalized spacial score (nSPS) is 15.1. The number of halogens is 1. The van der Waals surface area contributed by atoms with Crippen LogP contribution in [0.1, 0.15) is 28.8 Å². The minimum atomic E-state index is -0.575. The smallest absolute Gasteiger partial charge is 0.254 e. The summed E-state index contributed by atoms with van der Waals surface area (Å²) in [5.41, 5.74) is 0.480. The maximum absolute atomic E-state index is 13.7. The van der Waals surface area contributed by atoms with Crippen LogP contribution in [0.2, 0.25) is 0 Å². The van der Waals surface area contributed by atoms with E-state index in [-0.39, 0.29) is 12.2 Å². The third kappa shape index (κ3) is 4.55. The number of benzene rings is 1. The molecule has 0 spiro atoms. The zero-order chi connectivity index (χ0) is 15.1. The molecule has 1 amide bonds.